The summed E-state index contributed by atoms with van der Waals surface area (Å²) in [7, 11) is 0. The lowest BCUT2D eigenvalue weighted by atomic mass is 10.5. The summed E-state index contributed by atoms with van der Waals surface area (Å²) in [5.41, 5.74) is 18.7. The maximum atomic E-state index is 10.2. The van der Waals surface area contributed by atoms with Crippen LogP contribution in [0, 0.1) is 0 Å². The number of rotatable bonds is 1. The second kappa shape index (κ2) is 6.03. The van der Waals surface area contributed by atoms with E-state index in [1.807, 2.05) is 0 Å². The molecule has 8 heteroatoms. The van der Waals surface area contributed by atoms with Crippen molar-refractivity contribution in [3.63, 3.8) is 0 Å². The molecule has 0 spiro atoms. The zero-order valence-corrected chi connectivity index (χ0v) is 7.12. The first kappa shape index (κ1) is 11.5. The molecule has 0 aromatic heterocycles. The fraction of sp³-hybridized carbons (Fsp3) is 0.600. The van der Waals surface area contributed by atoms with Crippen molar-refractivity contribution in [3.8, 4) is 0 Å². The van der Waals surface area contributed by atoms with Gasteiger partial charge in [0.15, 0.2) is 0 Å². The van der Waals surface area contributed by atoms with E-state index in [1.165, 1.54) is 0 Å². The van der Waals surface area contributed by atoms with E-state index in [4.69, 9.17) is 10.5 Å². The van der Waals surface area contributed by atoms with Gasteiger partial charge in [-0.1, -0.05) is 0 Å². The number of primary amides is 3. The lowest BCUT2D eigenvalue weighted by Gasteiger charge is -2.13. The van der Waals surface area contributed by atoms with Gasteiger partial charge in [0.25, 0.3) is 0 Å². The van der Waals surface area contributed by atoms with Crippen LogP contribution in [0.2, 0.25) is 0 Å². The molecule has 8 N–H and O–H groups in total. The molecule has 1 aliphatic rings. The Hall–Kier alpha value is -1.54. The smallest absolute Gasteiger partial charge is 0.327 e. The van der Waals surface area contributed by atoms with Gasteiger partial charge in [-0.3, -0.25) is 5.43 Å². The summed E-state index contributed by atoms with van der Waals surface area (Å²) in [5, 5.41) is 1.59. The van der Waals surface area contributed by atoms with Crippen molar-refractivity contribution in [2.45, 2.75) is 6.42 Å². The van der Waals surface area contributed by atoms with Crippen molar-refractivity contribution in [2.75, 3.05) is 13.1 Å². The van der Waals surface area contributed by atoms with Gasteiger partial charge in [0.2, 0.25) is 0 Å². The largest absolute Gasteiger partial charge is 0.352 e. The molecule has 76 valence electrons. The summed E-state index contributed by atoms with van der Waals surface area (Å²) < 4.78 is 0. The first-order chi connectivity index (χ1) is 6.02. The molecule has 0 bridgehead atoms. The summed E-state index contributed by atoms with van der Waals surface area (Å²) in [6.45, 7) is 1.73. The Morgan fingerprint density at radius 1 is 1.31 bits per heavy atom. The van der Waals surface area contributed by atoms with E-state index in [-0.39, 0.29) is 0 Å². The Kier molecular flexibility index (Phi) is 5.32. The highest BCUT2D eigenvalue weighted by Crippen LogP contribution is 1.89. The molecule has 0 saturated carbocycles. The normalized spacial score (nSPS) is 15.7. The highest BCUT2D eigenvalue weighted by molar-refractivity contribution is 5.70. The molecule has 1 rings (SSSR count). The van der Waals surface area contributed by atoms with Gasteiger partial charge in [-0.15, -0.1) is 0 Å². The number of carbonyl (C=O) groups excluding carboxylic acids is 2. The average molecular weight is 190 g/mol. The SMILES string of the molecule is NC(=O)NN1CCCN1.NC(N)=O. The Labute approximate surface area is 75.3 Å². The van der Waals surface area contributed by atoms with Crippen molar-refractivity contribution >= 4 is 12.1 Å². The summed E-state index contributed by atoms with van der Waals surface area (Å²) in [6.07, 6.45) is 1.04. The van der Waals surface area contributed by atoms with Crippen LogP contribution in [-0.2, 0) is 0 Å². The van der Waals surface area contributed by atoms with Crippen LogP contribution in [-0.4, -0.2) is 30.3 Å². The monoisotopic (exact) mass is 190 g/mol. The van der Waals surface area contributed by atoms with Gasteiger partial charge in [0.05, 0.1) is 0 Å². The van der Waals surface area contributed by atoms with Gasteiger partial charge in [-0.2, -0.15) is 5.12 Å². The molecule has 0 radical (unpaired) electrons. The average Bonchev–Trinajstić information content (AvgIpc) is 2.36. The minimum atomic E-state index is -0.833. The zero-order chi connectivity index (χ0) is 10.3. The number of urea groups is 2. The molecule has 0 aromatic rings. The fourth-order valence-electron chi connectivity index (χ4n) is 0.759. The third kappa shape index (κ3) is 8.37. The number of nitrogens with two attached hydrogens (primary N) is 3. The zero-order valence-electron chi connectivity index (χ0n) is 7.12. The molecule has 0 atom stereocenters. The molecule has 8 nitrogen and oxygen atoms in total. The fourth-order valence-corrected chi connectivity index (χ4v) is 0.759. The third-order valence-electron chi connectivity index (χ3n) is 1.11. The van der Waals surface area contributed by atoms with Gasteiger partial charge in [0.1, 0.15) is 0 Å². The van der Waals surface area contributed by atoms with E-state index < -0.39 is 12.1 Å². The number of hydrogen-bond acceptors (Lipinski definition) is 4. The van der Waals surface area contributed by atoms with Crippen molar-refractivity contribution in [1.29, 1.82) is 0 Å². The summed E-state index contributed by atoms with van der Waals surface area (Å²) in [4.78, 5) is 19.2. The van der Waals surface area contributed by atoms with Gasteiger partial charge in [-0.25, -0.2) is 15.0 Å². The van der Waals surface area contributed by atoms with Crippen molar-refractivity contribution in [1.82, 2.24) is 16.0 Å². The van der Waals surface area contributed by atoms with Crippen LogP contribution in [0.3, 0.4) is 0 Å². The quantitative estimate of drug-likeness (QED) is 0.320. The van der Waals surface area contributed by atoms with Crippen LogP contribution in [0.15, 0.2) is 0 Å². The van der Waals surface area contributed by atoms with E-state index in [9.17, 15) is 4.79 Å². The number of nitrogens with one attached hydrogen (secondary N) is 2. The predicted molar refractivity (Wildman–Crippen MR) is 45.8 cm³/mol. The number of hydrogen-bond donors (Lipinski definition) is 5. The first-order valence-electron chi connectivity index (χ1n) is 3.64. The van der Waals surface area contributed by atoms with E-state index in [0.29, 0.717) is 0 Å². The Balaban J connectivity index is 0.000000310. The molecule has 1 aliphatic heterocycles. The van der Waals surface area contributed by atoms with E-state index >= 15 is 0 Å². The Morgan fingerprint density at radius 3 is 2.15 bits per heavy atom. The standard InChI is InChI=1S/C4H10N4O.CH4N2O/c5-4(9)7-8-3-1-2-6-8;2-1(3)4/h6H,1-3H2,(H3,5,7,9);(H4,2,3,4). The van der Waals surface area contributed by atoms with Crippen LogP contribution in [0.4, 0.5) is 9.59 Å². The molecule has 13 heavy (non-hydrogen) atoms. The Morgan fingerprint density at radius 2 is 1.85 bits per heavy atom. The molecule has 0 aliphatic carbocycles. The van der Waals surface area contributed by atoms with Crippen LogP contribution in [0.25, 0.3) is 0 Å². The second-order valence-electron chi connectivity index (χ2n) is 2.29. The third-order valence-corrected chi connectivity index (χ3v) is 1.11. The van der Waals surface area contributed by atoms with Crippen LogP contribution in [0.1, 0.15) is 6.42 Å². The summed E-state index contributed by atoms with van der Waals surface area (Å²) in [5.74, 6) is 0. The molecule has 4 amide bonds. The van der Waals surface area contributed by atoms with Gasteiger partial charge < -0.3 is 17.2 Å². The van der Waals surface area contributed by atoms with Crippen molar-refractivity contribution in [3.05, 3.63) is 0 Å². The topological polar surface area (TPSA) is 140 Å². The van der Waals surface area contributed by atoms with Gasteiger partial charge in [-0.05, 0) is 6.42 Å². The van der Waals surface area contributed by atoms with Gasteiger partial charge in [0, 0.05) is 13.1 Å². The lowest BCUT2D eigenvalue weighted by Crippen LogP contribution is -2.48. The molecule has 1 fully saturated rings. The number of amides is 4. The molecule has 0 unspecified atom stereocenters. The number of hydrazine groups is 2. The Bertz CT molecular complexity index is 174. The maximum absolute atomic E-state index is 10.2. The highest BCUT2D eigenvalue weighted by Gasteiger charge is 2.10. The van der Waals surface area contributed by atoms with Crippen LogP contribution < -0.4 is 28.1 Å². The minimum absolute atomic E-state index is 0.524. The van der Waals surface area contributed by atoms with E-state index in [1.54, 1.807) is 5.12 Å². The van der Waals surface area contributed by atoms with Gasteiger partial charge >= 0.3 is 12.1 Å². The van der Waals surface area contributed by atoms with Crippen molar-refractivity contribution in [2.24, 2.45) is 17.2 Å². The predicted octanol–water partition coefficient (Wildman–Crippen LogP) is -2.20. The lowest BCUT2D eigenvalue weighted by molar-refractivity contribution is 0.168. The molecule has 1 heterocycles. The molecular weight excluding hydrogens is 176 g/mol. The van der Waals surface area contributed by atoms with E-state index in [0.717, 1.165) is 19.5 Å². The highest BCUT2D eigenvalue weighted by atomic mass is 16.2. The van der Waals surface area contributed by atoms with Crippen LogP contribution >= 0.6 is 0 Å². The summed E-state index contributed by atoms with van der Waals surface area (Å²) in [6, 6.07) is -1.36. The minimum Gasteiger partial charge on any atom is -0.352 e. The molecule has 1 saturated heterocycles. The first-order valence-corrected chi connectivity index (χ1v) is 3.64. The molecule has 0 aromatic carbocycles. The van der Waals surface area contributed by atoms with Crippen LogP contribution in [0.5, 0.6) is 0 Å². The maximum Gasteiger partial charge on any atom is 0.327 e. The number of carbonyl (C=O) groups is 2. The van der Waals surface area contributed by atoms with E-state index in [2.05, 4.69) is 22.3 Å². The molecular formula is C5H14N6O2. The van der Waals surface area contributed by atoms with Crippen molar-refractivity contribution < 1.29 is 9.59 Å². The number of nitrogens with zero attached hydrogens (tertiary/aromatic N) is 1. The second-order valence-corrected chi connectivity index (χ2v) is 2.29. The summed E-state index contributed by atoms with van der Waals surface area (Å²) >= 11 is 0.